The van der Waals surface area contributed by atoms with Crippen LogP contribution >= 0.6 is 0 Å². The van der Waals surface area contributed by atoms with Crippen LogP contribution in [0, 0.1) is 0 Å². The Kier molecular flexibility index (Phi) is 4.94. The van der Waals surface area contributed by atoms with E-state index in [-0.39, 0.29) is 12.4 Å². The van der Waals surface area contributed by atoms with Crippen LogP contribution in [-0.2, 0) is 9.53 Å². The topological polar surface area (TPSA) is 52.3 Å². The minimum atomic E-state index is -0.224. The summed E-state index contributed by atoms with van der Waals surface area (Å²) in [4.78, 5) is 10.7. The first-order valence-electron chi connectivity index (χ1n) is 4.11. The number of unbranched alkanes of at least 4 members (excludes halogenated alkanes) is 1. The Bertz CT molecular complexity index is 109. The Morgan fingerprint density at radius 1 is 1.80 bits per heavy atom. The minimum absolute atomic E-state index is 0.224. The summed E-state index contributed by atoms with van der Waals surface area (Å²) >= 11 is 0. The van der Waals surface area contributed by atoms with Crippen molar-refractivity contribution in [2.24, 2.45) is 5.73 Å². The largest absolute Gasteiger partial charge is 0.466 e. The van der Waals surface area contributed by atoms with Crippen molar-refractivity contribution in [1.82, 2.24) is 0 Å². The normalized spacial score (nSPS) is 10.7. The molecular formula is C7H15NO2. The SMILES string of the molecule is [3H]NCCC(=O)OCCCC. The molecule has 0 aliphatic rings. The lowest BCUT2D eigenvalue weighted by Crippen LogP contribution is -2.11. The summed E-state index contributed by atoms with van der Waals surface area (Å²) in [6.45, 7) is 2.91. The third-order valence-corrected chi connectivity index (χ3v) is 1.09. The van der Waals surface area contributed by atoms with Gasteiger partial charge in [0.1, 0.15) is 1.41 Å². The lowest BCUT2D eigenvalue weighted by Gasteiger charge is -2.00. The van der Waals surface area contributed by atoms with Crippen LogP contribution in [0.5, 0.6) is 0 Å². The second kappa shape index (κ2) is 6.55. The summed E-state index contributed by atoms with van der Waals surface area (Å²) < 4.78 is 11.4. The highest BCUT2D eigenvalue weighted by atomic mass is 16.5. The maximum absolute atomic E-state index is 10.7. The fourth-order valence-electron chi connectivity index (χ4n) is 0.505. The Balaban J connectivity index is 3.09. The van der Waals surface area contributed by atoms with Gasteiger partial charge in [0.2, 0.25) is 0 Å². The molecule has 10 heavy (non-hydrogen) atoms. The van der Waals surface area contributed by atoms with Crippen molar-refractivity contribution >= 4 is 5.97 Å². The molecule has 0 bridgehead atoms. The van der Waals surface area contributed by atoms with Gasteiger partial charge in [-0.05, 0) is 6.42 Å². The molecule has 0 amide bonds. The fourth-order valence-corrected chi connectivity index (χ4v) is 0.505. The first-order valence-corrected chi connectivity index (χ1v) is 3.61. The van der Waals surface area contributed by atoms with E-state index in [9.17, 15) is 4.79 Å². The molecule has 0 aromatic heterocycles. The van der Waals surface area contributed by atoms with E-state index in [4.69, 9.17) is 6.15 Å². The van der Waals surface area contributed by atoms with Crippen LogP contribution in [0.3, 0.4) is 0 Å². The number of rotatable bonds is 6. The number of hydrogen-bond acceptors (Lipinski definition) is 3. The second-order valence-corrected chi connectivity index (χ2v) is 2.07. The number of carbonyl (C=O) groups excluding carboxylic acids is 1. The molecule has 0 unspecified atom stereocenters. The molecule has 0 saturated heterocycles. The average Bonchev–Trinajstić information content (AvgIpc) is 2.01. The van der Waals surface area contributed by atoms with Gasteiger partial charge in [-0.25, -0.2) is 0 Å². The van der Waals surface area contributed by atoms with Gasteiger partial charge in [-0.15, -0.1) is 0 Å². The van der Waals surface area contributed by atoms with Crippen molar-refractivity contribution in [3.8, 4) is 0 Å². The number of carbonyl (C=O) groups is 1. The molecule has 0 aromatic carbocycles. The van der Waals surface area contributed by atoms with Crippen molar-refractivity contribution in [2.45, 2.75) is 26.2 Å². The van der Waals surface area contributed by atoms with E-state index in [0.717, 1.165) is 12.8 Å². The van der Waals surface area contributed by atoms with E-state index in [0.29, 0.717) is 13.2 Å². The molecule has 0 radical (unpaired) electrons. The summed E-state index contributed by atoms with van der Waals surface area (Å²) in [7, 11) is 0. The van der Waals surface area contributed by atoms with E-state index in [1.54, 1.807) is 0 Å². The highest BCUT2D eigenvalue weighted by Crippen LogP contribution is 1.90. The molecule has 0 heterocycles. The van der Waals surface area contributed by atoms with E-state index < -0.39 is 0 Å². The molecule has 3 heteroatoms. The predicted molar refractivity (Wildman–Crippen MR) is 39.5 cm³/mol. The highest BCUT2D eigenvalue weighted by Gasteiger charge is 1.97. The molecule has 0 aliphatic heterocycles. The molecule has 0 spiro atoms. The number of nitrogens with two attached hydrogens (primary N) is 1. The smallest absolute Gasteiger partial charge is 0.307 e. The maximum atomic E-state index is 10.7. The zero-order valence-corrected chi connectivity index (χ0v) is 6.35. The van der Waals surface area contributed by atoms with Crippen molar-refractivity contribution in [1.29, 1.82) is 0 Å². The molecule has 0 fully saturated rings. The summed E-state index contributed by atoms with van der Waals surface area (Å²) in [5, 5.41) is 0. The van der Waals surface area contributed by atoms with E-state index >= 15 is 0 Å². The molecule has 0 rings (SSSR count). The first kappa shape index (κ1) is 7.54. The molecular weight excluding hydrogens is 130 g/mol. The highest BCUT2D eigenvalue weighted by molar-refractivity contribution is 5.69. The van der Waals surface area contributed by atoms with Crippen LogP contribution in [0.15, 0.2) is 0 Å². The minimum Gasteiger partial charge on any atom is -0.466 e. The quantitative estimate of drug-likeness (QED) is 0.444. The van der Waals surface area contributed by atoms with Crippen LogP contribution in [0.25, 0.3) is 0 Å². The fraction of sp³-hybridized carbons (Fsp3) is 0.857. The first-order chi connectivity index (χ1) is 5.31. The summed E-state index contributed by atoms with van der Waals surface area (Å²) in [6, 6.07) is 0. The monoisotopic (exact) mass is 147 g/mol. The Labute approximate surface area is 63.0 Å². The average molecular weight is 147 g/mol. The van der Waals surface area contributed by atoms with Gasteiger partial charge in [0, 0.05) is 6.54 Å². The zero-order chi connectivity index (χ0) is 8.53. The van der Waals surface area contributed by atoms with Gasteiger partial charge in [0.25, 0.3) is 0 Å². The van der Waals surface area contributed by atoms with Crippen molar-refractivity contribution in [3.05, 3.63) is 0 Å². The standard InChI is InChI=1S/C7H15NO2/c1-2-3-6-10-7(9)4-5-8/h2-6,8H2,1H3/i/hT. The van der Waals surface area contributed by atoms with Crippen molar-refractivity contribution in [3.63, 3.8) is 0 Å². The van der Waals surface area contributed by atoms with E-state index in [2.05, 4.69) is 5.73 Å². The van der Waals surface area contributed by atoms with Crippen LogP contribution in [0.2, 0.25) is 1.41 Å². The molecule has 0 saturated carbocycles. The third-order valence-electron chi connectivity index (χ3n) is 1.09. The van der Waals surface area contributed by atoms with Crippen molar-refractivity contribution in [2.75, 3.05) is 13.2 Å². The summed E-state index contributed by atoms with van der Waals surface area (Å²) in [5.41, 5.74) is 2.14. The number of ether oxygens (including phenoxy) is 1. The molecule has 2 N–H and O–H groups in total. The van der Waals surface area contributed by atoms with Gasteiger partial charge in [-0.3, -0.25) is 4.79 Å². The van der Waals surface area contributed by atoms with Gasteiger partial charge in [-0.2, -0.15) is 0 Å². The van der Waals surface area contributed by atoms with Gasteiger partial charge >= 0.3 is 5.97 Å². The van der Waals surface area contributed by atoms with Gasteiger partial charge in [0.15, 0.2) is 0 Å². The molecule has 0 atom stereocenters. The second-order valence-electron chi connectivity index (χ2n) is 2.07. The molecule has 3 nitrogen and oxygen atoms in total. The van der Waals surface area contributed by atoms with Crippen molar-refractivity contribution < 1.29 is 10.9 Å². The Hall–Kier alpha value is -0.570. The Morgan fingerprint density at radius 2 is 2.60 bits per heavy atom. The van der Waals surface area contributed by atoms with Gasteiger partial charge < -0.3 is 10.5 Å². The lowest BCUT2D eigenvalue weighted by molar-refractivity contribution is -0.143. The molecule has 0 aromatic rings. The summed E-state index contributed by atoms with van der Waals surface area (Å²) in [5.74, 6) is -0.224. The van der Waals surface area contributed by atoms with Crippen LogP contribution < -0.4 is 5.73 Å². The van der Waals surface area contributed by atoms with Gasteiger partial charge in [0.05, 0.1) is 13.0 Å². The van der Waals surface area contributed by atoms with Crippen LogP contribution in [0.4, 0.5) is 0 Å². The number of hydrogen-bond donors (Lipinski definition) is 1. The van der Waals surface area contributed by atoms with Gasteiger partial charge in [-0.1, -0.05) is 13.3 Å². The van der Waals surface area contributed by atoms with Crippen LogP contribution in [-0.4, -0.2) is 19.1 Å². The van der Waals surface area contributed by atoms with Crippen LogP contribution in [0.1, 0.15) is 26.2 Å². The lowest BCUT2D eigenvalue weighted by atomic mass is 10.3. The number of esters is 1. The molecule has 0 aliphatic carbocycles. The molecule has 60 valence electrons. The van der Waals surface area contributed by atoms with E-state index in [1.807, 2.05) is 6.92 Å². The third kappa shape index (κ3) is 5.56. The summed E-state index contributed by atoms with van der Waals surface area (Å²) in [6.07, 6.45) is 2.23. The Morgan fingerprint density at radius 3 is 3.20 bits per heavy atom. The van der Waals surface area contributed by atoms with E-state index in [1.165, 1.54) is 0 Å². The maximum Gasteiger partial charge on any atom is 0.307 e. The zero-order valence-electron chi connectivity index (χ0n) is 7.35. The predicted octanol–water partition coefficient (Wildman–Crippen LogP) is 0.678.